The average Bonchev–Trinajstić information content (AvgIpc) is 2.57. The van der Waals surface area contributed by atoms with E-state index in [1.54, 1.807) is 7.11 Å². The summed E-state index contributed by atoms with van der Waals surface area (Å²) in [5.74, 6) is 0. The van der Waals surface area contributed by atoms with Gasteiger partial charge in [-0.1, -0.05) is 115 Å². The first-order valence-corrected chi connectivity index (χ1v) is 10.6. The van der Waals surface area contributed by atoms with Crippen LogP contribution in [0.25, 0.3) is 0 Å². The molecule has 0 saturated carbocycles. The molecular weight excluding hydrogens is 280 g/mol. The van der Waals surface area contributed by atoms with Crippen molar-refractivity contribution in [3.05, 3.63) is 12.2 Å². The number of rotatable bonds is 19. The van der Waals surface area contributed by atoms with E-state index in [2.05, 4.69) is 19.1 Å². The summed E-state index contributed by atoms with van der Waals surface area (Å²) in [4.78, 5) is 0. The summed E-state index contributed by atoms with van der Waals surface area (Å²) in [6, 6.07) is 0. The molecule has 1 nitrogen and oxygen atoms in total. The second-order valence-corrected chi connectivity index (χ2v) is 7.02. The SMILES string of the molecule is CCCCCCCCCCCCCCCCCCC=CCOC. The third-order valence-corrected chi connectivity index (χ3v) is 4.65. The Morgan fingerprint density at radius 2 is 0.913 bits per heavy atom. The van der Waals surface area contributed by atoms with Crippen LogP contribution in [0.15, 0.2) is 12.2 Å². The highest BCUT2D eigenvalue weighted by molar-refractivity contribution is 4.80. The van der Waals surface area contributed by atoms with Crippen molar-refractivity contribution in [1.82, 2.24) is 0 Å². The number of ether oxygens (including phenoxy) is 1. The summed E-state index contributed by atoms with van der Waals surface area (Å²) in [6.07, 6.45) is 28.7. The Hall–Kier alpha value is -0.300. The molecular formula is C22H44O. The van der Waals surface area contributed by atoms with E-state index in [9.17, 15) is 0 Å². The Kier molecular flexibility index (Phi) is 21.4. The summed E-state index contributed by atoms with van der Waals surface area (Å²) >= 11 is 0. The summed E-state index contributed by atoms with van der Waals surface area (Å²) in [5.41, 5.74) is 0. The second-order valence-electron chi connectivity index (χ2n) is 7.02. The molecule has 0 radical (unpaired) electrons. The van der Waals surface area contributed by atoms with Gasteiger partial charge in [-0.3, -0.25) is 0 Å². The molecule has 0 saturated heterocycles. The van der Waals surface area contributed by atoms with Crippen molar-refractivity contribution in [3.8, 4) is 0 Å². The van der Waals surface area contributed by atoms with Crippen molar-refractivity contribution in [1.29, 1.82) is 0 Å². The van der Waals surface area contributed by atoms with E-state index in [-0.39, 0.29) is 0 Å². The van der Waals surface area contributed by atoms with Crippen LogP contribution in [0.4, 0.5) is 0 Å². The van der Waals surface area contributed by atoms with Gasteiger partial charge in [0, 0.05) is 7.11 Å². The summed E-state index contributed by atoms with van der Waals surface area (Å²) in [5, 5.41) is 0. The van der Waals surface area contributed by atoms with Crippen LogP contribution >= 0.6 is 0 Å². The fourth-order valence-electron chi connectivity index (χ4n) is 3.09. The van der Waals surface area contributed by atoms with Gasteiger partial charge in [-0.05, 0) is 12.8 Å². The van der Waals surface area contributed by atoms with E-state index in [4.69, 9.17) is 4.74 Å². The normalized spacial score (nSPS) is 11.6. The molecule has 0 aromatic rings. The largest absolute Gasteiger partial charge is 0.381 e. The molecule has 0 rings (SSSR count). The Morgan fingerprint density at radius 3 is 1.30 bits per heavy atom. The van der Waals surface area contributed by atoms with Gasteiger partial charge in [0.05, 0.1) is 6.61 Å². The van der Waals surface area contributed by atoms with E-state index in [0.29, 0.717) is 0 Å². The molecule has 0 spiro atoms. The molecule has 0 amide bonds. The maximum atomic E-state index is 4.99. The molecule has 0 heterocycles. The monoisotopic (exact) mass is 324 g/mol. The van der Waals surface area contributed by atoms with E-state index < -0.39 is 0 Å². The molecule has 1 heteroatoms. The van der Waals surface area contributed by atoms with Crippen molar-refractivity contribution in [2.75, 3.05) is 13.7 Å². The quantitative estimate of drug-likeness (QED) is 0.174. The molecule has 0 aliphatic carbocycles. The highest BCUT2D eigenvalue weighted by atomic mass is 16.5. The highest BCUT2D eigenvalue weighted by Crippen LogP contribution is 2.14. The predicted molar refractivity (Wildman–Crippen MR) is 105 cm³/mol. The second kappa shape index (κ2) is 21.7. The van der Waals surface area contributed by atoms with Crippen LogP contribution < -0.4 is 0 Å². The minimum atomic E-state index is 0.763. The molecule has 0 aliphatic heterocycles. The molecule has 0 bridgehead atoms. The first-order valence-electron chi connectivity index (χ1n) is 10.6. The van der Waals surface area contributed by atoms with Crippen LogP contribution in [0.1, 0.15) is 116 Å². The molecule has 0 atom stereocenters. The van der Waals surface area contributed by atoms with E-state index in [0.717, 1.165) is 6.61 Å². The van der Waals surface area contributed by atoms with Crippen LogP contribution in [0.2, 0.25) is 0 Å². The van der Waals surface area contributed by atoms with E-state index >= 15 is 0 Å². The minimum Gasteiger partial charge on any atom is -0.381 e. The van der Waals surface area contributed by atoms with Gasteiger partial charge in [-0.2, -0.15) is 0 Å². The molecule has 138 valence electrons. The predicted octanol–water partition coefficient (Wildman–Crippen LogP) is 7.84. The van der Waals surface area contributed by atoms with Gasteiger partial charge in [0.2, 0.25) is 0 Å². The number of methoxy groups -OCH3 is 1. The topological polar surface area (TPSA) is 9.23 Å². The van der Waals surface area contributed by atoms with Crippen LogP contribution in [0, 0.1) is 0 Å². The Bertz CT molecular complexity index is 222. The Labute approximate surface area is 147 Å². The van der Waals surface area contributed by atoms with Gasteiger partial charge in [-0.15, -0.1) is 0 Å². The van der Waals surface area contributed by atoms with Gasteiger partial charge in [0.1, 0.15) is 0 Å². The lowest BCUT2D eigenvalue weighted by molar-refractivity contribution is 0.233. The number of hydrogen-bond donors (Lipinski definition) is 0. The number of hydrogen-bond acceptors (Lipinski definition) is 1. The van der Waals surface area contributed by atoms with Crippen molar-refractivity contribution in [2.24, 2.45) is 0 Å². The lowest BCUT2D eigenvalue weighted by Crippen LogP contribution is -1.84. The molecule has 0 unspecified atom stereocenters. The van der Waals surface area contributed by atoms with Gasteiger partial charge in [0.15, 0.2) is 0 Å². The maximum absolute atomic E-state index is 4.99. The van der Waals surface area contributed by atoms with E-state index in [1.807, 2.05) is 0 Å². The average molecular weight is 325 g/mol. The van der Waals surface area contributed by atoms with E-state index in [1.165, 1.54) is 109 Å². The molecule has 0 aromatic heterocycles. The van der Waals surface area contributed by atoms with Gasteiger partial charge >= 0.3 is 0 Å². The standard InChI is InChI=1S/C22H44O/c1-3-4-5-6-7-8-9-10-11-12-13-14-15-16-17-18-19-20-21-22-23-2/h20-21H,3-19,22H2,1-2H3. The lowest BCUT2D eigenvalue weighted by Gasteiger charge is -2.03. The Morgan fingerprint density at radius 1 is 0.522 bits per heavy atom. The lowest BCUT2D eigenvalue weighted by atomic mass is 10.0. The smallest absolute Gasteiger partial charge is 0.0643 e. The van der Waals surface area contributed by atoms with Crippen LogP contribution in [-0.4, -0.2) is 13.7 Å². The van der Waals surface area contributed by atoms with Crippen molar-refractivity contribution < 1.29 is 4.74 Å². The molecule has 0 N–H and O–H groups in total. The zero-order valence-electron chi connectivity index (χ0n) is 16.3. The van der Waals surface area contributed by atoms with Crippen molar-refractivity contribution >= 4 is 0 Å². The third-order valence-electron chi connectivity index (χ3n) is 4.65. The summed E-state index contributed by atoms with van der Waals surface area (Å²) in [7, 11) is 1.75. The molecule has 0 aromatic carbocycles. The van der Waals surface area contributed by atoms with Crippen LogP contribution in [0.3, 0.4) is 0 Å². The first kappa shape index (κ1) is 22.7. The van der Waals surface area contributed by atoms with Gasteiger partial charge in [-0.25, -0.2) is 0 Å². The van der Waals surface area contributed by atoms with Crippen molar-refractivity contribution in [3.63, 3.8) is 0 Å². The fraction of sp³-hybridized carbons (Fsp3) is 0.909. The zero-order chi connectivity index (χ0) is 16.8. The maximum Gasteiger partial charge on any atom is 0.0643 e. The number of unbranched alkanes of at least 4 members (excludes halogenated alkanes) is 16. The van der Waals surface area contributed by atoms with Crippen molar-refractivity contribution in [2.45, 2.75) is 116 Å². The van der Waals surface area contributed by atoms with Gasteiger partial charge in [0.25, 0.3) is 0 Å². The first-order chi connectivity index (χ1) is 11.4. The highest BCUT2D eigenvalue weighted by Gasteiger charge is 1.94. The summed E-state index contributed by atoms with van der Waals surface area (Å²) in [6.45, 7) is 3.06. The van der Waals surface area contributed by atoms with Crippen LogP contribution in [0.5, 0.6) is 0 Å². The molecule has 23 heavy (non-hydrogen) atoms. The number of allylic oxidation sites excluding steroid dienone is 1. The fourth-order valence-corrected chi connectivity index (χ4v) is 3.09. The Balaban J connectivity index is 2.97. The molecule has 0 aliphatic rings. The molecule has 0 fully saturated rings. The summed E-state index contributed by atoms with van der Waals surface area (Å²) < 4.78 is 4.99. The zero-order valence-corrected chi connectivity index (χ0v) is 16.3. The van der Waals surface area contributed by atoms with Gasteiger partial charge < -0.3 is 4.74 Å². The third kappa shape index (κ3) is 21.7. The minimum absolute atomic E-state index is 0.763. The van der Waals surface area contributed by atoms with Crippen LogP contribution in [-0.2, 0) is 4.74 Å².